The molecular formula is C20H12O5. The van der Waals surface area contributed by atoms with E-state index in [9.17, 15) is 20.0 Å². The number of carbonyl (C=O) groups is 2. The molecule has 0 bridgehead atoms. The Labute approximate surface area is 143 Å². The fraction of sp³-hybridized carbons (Fsp3) is 0. The molecule has 0 unspecified atom stereocenters. The van der Waals surface area contributed by atoms with Crippen molar-refractivity contribution in [2.24, 2.45) is 0 Å². The van der Waals surface area contributed by atoms with Gasteiger partial charge in [0, 0.05) is 27.5 Å². The van der Waals surface area contributed by atoms with E-state index in [2.05, 4.69) is 4.89 Å². The van der Waals surface area contributed by atoms with Crippen molar-refractivity contribution in [2.45, 2.75) is 0 Å². The molecular weight excluding hydrogens is 320 g/mol. The summed E-state index contributed by atoms with van der Waals surface area (Å²) in [6, 6.07) is 17.7. The zero-order valence-electron chi connectivity index (χ0n) is 13.0. The van der Waals surface area contributed by atoms with Gasteiger partial charge in [-0.2, -0.15) is 0 Å². The predicted octanol–water partition coefficient (Wildman–Crippen LogP) is 4.02. The van der Waals surface area contributed by atoms with Crippen molar-refractivity contribution in [2.75, 3.05) is 0 Å². The molecule has 0 heterocycles. The van der Waals surface area contributed by atoms with Crippen LogP contribution in [-0.4, -0.2) is 11.6 Å². The normalized spacial score (nSPS) is 10.3. The molecule has 0 saturated carbocycles. The van der Waals surface area contributed by atoms with E-state index in [0.717, 1.165) is 0 Å². The first-order chi connectivity index (χ1) is 12.1. The third-order valence-electron chi connectivity index (χ3n) is 3.72. The quantitative estimate of drug-likeness (QED) is 0.402. The van der Waals surface area contributed by atoms with Gasteiger partial charge in [0.25, 0.3) is 0 Å². The number of hydrogen-bond donors (Lipinski definition) is 0. The van der Waals surface area contributed by atoms with Crippen LogP contribution in [0.15, 0.2) is 72.8 Å². The second kappa shape index (κ2) is 6.98. The third-order valence-corrected chi connectivity index (χ3v) is 3.72. The highest BCUT2D eigenvalue weighted by atomic mass is 17.1. The molecule has 0 aliphatic carbocycles. The Kier molecular flexibility index (Phi) is 4.59. The Morgan fingerprint density at radius 2 is 1.12 bits per heavy atom. The molecule has 0 N–H and O–H groups in total. The van der Waals surface area contributed by atoms with Gasteiger partial charge >= 0.3 is 0 Å². The molecule has 122 valence electrons. The minimum atomic E-state index is -0.276. The first kappa shape index (κ1) is 16.4. The van der Waals surface area contributed by atoms with Crippen LogP contribution < -0.4 is 4.89 Å². The van der Waals surface area contributed by atoms with Crippen LogP contribution in [0.2, 0.25) is 0 Å². The summed E-state index contributed by atoms with van der Waals surface area (Å²) >= 11 is 0. The molecule has 5 nitrogen and oxygen atoms in total. The van der Waals surface area contributed by atoms with Gasteiger partial charge in [0.2, 0.25) is 0 Å². The standard InChI is InChI=1S/C20H12O5/c21-17-8-4-13(5-9-17)19(22)15-2-1-3-16(12-15)20(23)14-6-10-18(25-24)11-7-14/h1-12H. The van der Waals surface area contributed by atoms with E-state index in [1.165, 1.54) is 54.6 Å². The van der Waals surface area contributed by atoms with Crippen molar-refractivity contribution in [1.82, 2.24) is 0 Å². The highest BCUT2D eigenvalue weighted by Gasteiger charge is 2.14. The summed E-state index contributed by atoms with van der Waals surface area (Å²) in [5.74, 6) is -0.611. The van der Waals surface area contributed by atoms with Crippen LogP contribution in [0.25, 0.3) is 0 Å². The van der Waals surface area contributed by atoms with Crippen LogP contribution in [0.4, 0.5) is 0 Å². The summed E-state index contributed by atoms with van der Waals surface area (Å²) in [6.07, 6.45) is 0. The van der Waals surface area contributed by atoms with Crippen molar-refractivity contribution >= 4 is 11.6 Å². The van der Waals surface area contributed by atoms with Gasteiger partial charge < -0.3 is 4.89 Å². The number of benzene rings is 3. The second-order valence-corrected chi connectivity index (χ2v) is 5.37. The lowest BCUT2D eigenvalue weighted by Crippen LogP contribution is -2.05. The predicted molar refractivity (Wildman–Crippen MR) is 87.6 cm³/mol. The van der Waals surface area contributed by atoms with E-state index >= 15 is 0 Å². The SMILES string of the molecule is [O]Oc1ccc(C(=O)c2cccc(C(=O)c3ccc([O])cc3)c2)cc1. The summed E-state index contributed by atoms with van der Waals surface area (Å²) in [4.78, 5) is 28.9. The highest BCUT2D eigenvalue weighted by Crippen LogP contribution is 2.18. The fourth-order valence-corrected chi connectivity index (χ4v) is 2.40. The summed E-state index contributed by atoms with van der Waals surface area (Å²) in [7, 11) is 0. The third kappa shape index (κ3) is 3.57. The maximum atomic E-state index is 12.5. The van der Waals surface area contributed by atoms with E-state index in [0.29, 0.717) is 22.3 Å². The van der Waals surface area contributed by atoms with E-state index in [1.807, 2.05) is 0 Å². The Morgan fingerprint density at radius 3 is 1.60 bits per heavy atom. The highest BCUT2D eigenvalue weighted by molar-refractivity contribution is 6.13. The molecule has 0 aliphatic rings. The lowest BCUT2D eigenvalue weighted by molar-refractivity contribution is -0.208. The largest absolute Gasteiger partial charge is 0.305 e. The molecule has 0 fully saturated rings. The summed E-state index contributed by atoms with van der Waals surface area (Å²) in [5, 5.41) is 21.5. The number of carbonyl (C=O) groups excluding carboxylic acids is 2. The molecule has 0 saturated heterocycles. The Bertz CT molecular complexity index is 912. The van der Waals surface area contributed by atoms with Gasteiger partial charge in [0.05, 0.1) is 0 Å². The zero-order valence-corrected chi connectivity index (χ0v) is 13.0. The van der Waals surface area contributed by atoms with Gasteiger partial charge in [-0.15, -0.1) is 0 Å². The summed E-state index contributed by atoms with van der Waals surface area (Å²) in [5.41, 5.74) is 1.45. The maximum absolute atomic E-state index is 12.5. The van der Waals surface area contributed by atoms with E-state index in [-0.39, 0.29) is 23.1 Å². The average molecular weight is 332 g/mol. The maximum Gasteiger partial charge on any atom is 0.193 e. The van der Waals surface area contributed by atoms with Crippen LogP contribution in [0.1, 0.15) is 31.8 Å². The van der Waals surface area contributed by atoms with Crippen molar-refractivity contribution in [3.63, 3.8) is 0 Å². The number of rotatable bonds is 5. The zero-order chi connectivity index (χ0) is 17.8. The molecule has 0 aromatic heterocycles. The molecule has 0 spiro atoms. The van der Waals surface area contributed by atoms with Crippen molar-refractivity contribution in [1.29, 1.82) is 0 Å². The van der Waals surface area contributed by atoms with Crippen LogP contribution >= 0.6 is 0 Å². The van der Waals surface area contributed by atoms with Crippen molar-refractivity contribution < 1.29 is 24.8 Å². The van der Waals surface area contributed by atoms with Crippen LogP contribution in [-0.2, 0) is 10.4 Å². The monoisotopic (exact) mass is 332 g/mol. The molecule has 3 rings (SSSR count). The average Bonchev–Trinajstić information content (AvgIpc) is 2.67. The molecule has 2 radical (unpaired) electrons. The first-order valence-electron chi connectivity index (χ1n) is 7.45. The lowest BCUT2D eigenvalue weighted by Gasteiger charge is -2.05. The smallest absolute Gasteiger partial charge is 0.193 e. The number of ketones is 2. The van der Waals surface area contributed by atoms with Crippen molar-refractivity contribution in [3.05, 3.63) is 95.1 Å². The number of hydrogen-bond acceptors (Lipinski definition) is 3. The molecule has 0 aliphatic heterocycles. The molecule has 25 heavy (non-hydrogen) atoms. The molecule has 0 amide bonds. The Hall–Kier alpha value is -3.44. The van der Waals surface area contributed by atoms with Gasteiger partial charge in [-0.25, -0.2) is 0 Å². The molecule has 5 heteroatoms. The van der Waals surface area contributed by atoms with E-state index < -0.39 is 0 Å². The lowest BCUT2D eigenvalue weighted by atomic mass is 9.97. The molecule has 0 atom stereocenters. The Morgan fingerprint density at radius 1 is 0.640 bits per heavy atom. The van der Waals surface area contributed by atoms with Crippen LogP contribution in [0, 0.1) is 0 Å². The van der Waals surface area contributed by atoms with Crippen molar-refractivity contribution in [3.8, 4) is 11.5 Å². The van der Waals surface area contributed by atoms with Gasteiger partial charge in [-0.3, -0.25) is 14.7 Å². The molecule has 3 aromatic rings. The van der Waals surface area contributed by atoms with Crippen LogP contribution in [0.3, 0.4) is 0 Å². The van der Waals surface area contributed by atoms with Gasteiger partial charge in [-0.05, 0) is 54.6 Å². The van der Waals surface area contributed by atoms with Gasteiger partial charge in [-0.1, -0.05) is 18.2 Å². The topological polar surface area (TPSA) is 83.2 Å². The minimum absolute atomic E-state index is 0.113. The second-order valence-electron chi connectivity index (χ2n) is 5.37. The fourth-order valence-electron chi connectivity index (χ4n) is 2.40. The summed E-state index contributed by atoms with van der Waals surface area (Å²) in [6.45, 7) is 0. The van der Waals surface area contributed by atoms with E-state index in [4.69, 9.17) is 0 Å². The van der Waals surface area contributed by atoms with Gasteiger partial charge in [0.15, 0.2) is 23.1 Å². The minimum Gasteiger partial charge on any atom is -0.305 e. The first-order valence-corrected chi connectivity index (χ1v) is 7.45. The molecule has 3 aromatic carbocycles. The summed E-state index contributed by atoms with van der Waals surface area (Å²) < 4.78 is 0. The Balaban J connectivity index is 1.88. The van der Waals surface area contributed by atoms with Gasteiger partial charge in [0.1, 0.15) is 0 Å². The van der Waals surface area contributed by atoms with Crippen LogP contribution in [0.5, 0.6) is 11.5 Å². The van der Waals surface area contributed by atoms with E-state index in [1.54, 1.807) is 18.2 Å².